The molecule has 0 saturated heterocycles. The zero-order valence-corrected chi connectivity index (χ0v) is 14.5. The van der Waals surface area contributed by atoms with Crippen molar-refractivity contribution in [3.05, 3.63) is 82.4 Å². The summed E-state index contributed by atoms with van der Waals surface area (Å²) in [5.74, 6) is -1.82. The van der Waals surface area contributed by atoms with Crippen LogP contribution in [0.2, 0.25) is 0 Å². The third kappa shape index (κ3) is 2.70. The molecule has 0 fully saturated rings. The van der Waals surface area contributed by atoms with Crippen LogP contribution in [-0.4, -0.2) is 16.7 Å². The van der Waals surface area contributed by atoms with E-state index in [1.807, 2.05) is 62.4 Å². The summed E-state index contributed by atoms with van der Waals surface area (Å²) in [6, 6.07) is 15.9. The Bertz CT molecular complexity index is 750. The van der Waals surface area contributed by atoms with E-state index in [1.165, 1.54) is 13.8 Å². The number of aliphatic hydroxyl groups is 1. The fourth-order valence-corrected chi connectivity index (χ4v) is 3.22. The van der Waals surface area contributed by atoms with E-state index in [0.717, 1.165) is 22.3 Å². The number of hydrogen-bond donors (Lipinski definition) is 1. The van der Waals surface area contributed by atoms with Gasteiger partial charge in [0.15, 0.2) is 11.6 Å². The average molecular weight is 322 g/mol. The molecule has 0 amide bonds. The molecule has 2 aromatic rings. The summed E-state index contributed by atoms with van der Waals surface area (Å²) < 4.78 is 6.10. The molecule has 0 saturated carbocycles. The summed E-state index contributed by atoms with van der Waals surface area (Å²) in [6.07, 6.45) is 1.75. The van der Waals surface area contributed by atoms with E-state index in [1.54, 1.807) is 6.08 Å². The van der Waals surface area contributed by atoms with E-state index in [9.17, 15) is 9.90 Å². The van der Waals surface area contributed by atoms with Crippen molar-refractivity contribution in [2.24, 2.45) is 0 Å². The molecule has 3 rings (SSSR count). The Hall–Kier alpha value is -2.23. The first-order valence-corrected chi connectivity index (χ1v) is 8.06. The van der Waals surface area contributed by atoms with Crippen LogP contribution in [0.3, 0.4) is 0 Å². The molecule has 1 atom stereocenters. The molecule has 0 aromatic heterocycles. The van der Waals surface area contributed by atoms with Gasteiger partial charge in [-0.1, -0.05) is 59.7 Å². The van der Waals surface area contributed by atoms with E-state index < -0.39 is 11.4 Å². The topological polar surface area (TPSA) is 46.5 Å². The van der Waals surface area contributed by atoms with Gasteiger partial charge in [-0.15, -0.1) is 0 Å². The third-order valence-corrected chi connectivity index (χ3v) is 4.55. The average Bonchev–Trinajstić information content (AvgIpc) is 2.81. The Morgan fingerprint density at radius 3 is 1.67 bits per heavy atom. The number of Topliss-reactive ketones (excluding diaryl/α,β-unsaturated/α-hetero) is 1. The summed E-state index contributed by atoms with van der Waals surface area (Å²) >= 11 is 0. The van der Waals surface area contributed by atoms with Crippen molar-refractivity contribution in [3.63, 3.8) is 0 Å². The second kappa shape index (κ2) is 5.69. The first-order chi connectivity index (χ1) is 11.2. The highest BCUT2D eigenvalue weighted by Gasteiger charge is 2.49. The maximum atomic E-state index is 12.0. The molecule has 0 radical (unpaired) electrons. The number of carbonyl (C=O) groups is 1. The van der Waals surface area contributed by atoms with Gasteiger partial charge in [-0.25, -0.2) is 0 Å². The molecule has 1 aliphatic heterocycles. The molecule has 2 aromatic carbocycles. The SMILES string of the molecule is CC(=O)C1=CC(c2ccc(C)cc2)(c2ccc(C)cc2)OC1(C)O. The Kier molecular flexibility index (Phi) is 3.94. The highest BCUT2D eigenvalue weighted by molar-refractivity contribution is 5.95. The molecule has 124 valence electrons. The van der Waals surface area contributed by atoms with Crippen molar-refractivity contribution in [2.45, 2.75) is 39.1 Å². The van der Waals surface area contributed by atoms with Gasteiger partial charge >= 0.3 is 0 Å². The van der Waals surface area contributed by atoms with Gasteiger partial charge in [0.2, 0.25) is 0 Å². The van der Waals surface area contributed by atoms with Crippen molar-refractivity contribution < 1.29 is 14.6 Å². The molecular formula is C21H22O3. The fraction of sp³-hybridized carbons (Fsp3) is 0.286. The van der Waals surface area contributed by atoms with Crippen LogP contribution in [0, 0.1) is 13.8 Å². The molecular weight excluding hydrogens is 300 g/mol. The predicted molar refractivity (Wildman–Crippen MR) is 93.6 cm³/mol. The smallest absolute Gasteiger partial charge is 0.194 e. The first kappa shape index (κ1) is 16.6. The molecule has 24 heavy (non-hydrogen) atoms. The largest absolute Gasteiger partial charge is 0.362 e. The van der Waals surface area contributed by atoms with Gasteiger partial charge in [0.1, 0.15) is 5.60 Å². The van der Waals surface area contributed by atoms with Crippen molar-refractivity contribution in [2.75, 3.05) is 0 Å². The van der Waals surface area contributed by atoms with Crippen LogP contribution in [0.4, 0.5) is 0 Å². The van der Waals surface area contributed by atoms with Crippen LogP contribution in [0.15, 0.2) is 60.2 Å². The fourth-order valence-electron chi connectivity index (χ4n) is 3.22. The highest BCUT2D eigenvalue weighted by atomic mass is 16.6. The lowest BCUT2D eigenvalue weighted by Gasteiger charge is -2.32. The van der Waals surface area contributed by atoms with Crippen LogP contribution >= 0.6 is 0 Å². The first-order valence-electron chi connectivity index (χ1n) is 8.06. The molecule has 3 nitrogen and oxygen atoms in total. The normalized spacial score (nSPS) is 22.3. The second-order valence-corrected chi connectivity index (χ2v) is 6.67. The highest BCUT2D eigenvalue weighted by Crippen LogP contribution is 2.46. The molecule has 1 heterocycles. The quantitative estimate of drug-likeness (QED) is 0.935. The molecule has 3 heteroatoms. The van der Waals surface area contributed by atoms with Crippen LogP contribution < -0.4 is 0 Å². The Labute approximate surface area is 142 Å². The lowest BCUT2D eigenvalue weighted by Crippen LogP contribution is -2.36. The maximum absolute atomic E-state index is 12.0. The summed E-state index contributed by atoms with van der Waals surface area (Å²) in [5.41, 5.74) is 3.34. The molecule has 1 aliphatic rings. The van der Waals surface area contributed by atoms with Crippen molar-refractivity contribution in [1.29, 1.82) is 0 Å². The van der Waals surface area contributed by atoms with Crippen LogP contribution in [0.1, 0.15) is 36.1 Å². The number of aryl methyl sites for hydroxylation is 2. The second-order valence-electron chi connectivity index (χ2n) is 6.67. The van der Waals surface area contributed by atoms with E-state index in [4.69, 9.17) is 4.74 Å². The number of carbonyl (C=O) groups excluding carboxylic acids is 1. The predicted octanol–water partition coefficient (Wildman–Crippen LogP) is 3.80. The van der Waals surface area contributed by atoms with E-state index >= 15 is 0 Å². The number of benzene rings is 2. The minimum atomic E-state index is -1.62. The Morgan fingerprint density at radius 2 is 1.33 bits per heavy atom. The van der Waals surface area contributed by atoms with Gasteiger partial charge in [0.05, 0.1) is 5.57 Å². The summed E-state index contributed by atoms with van der Waals surface area (Å²) in [7, 11) is 0. The van der Waals surface area contributed by atoms with Crippen LogP contribution in [0.25, 0.3) is 0 Å². The van der Waals surface area contributed by atoms with Gasteiger partial charge < -0.3 is 9.84 Å². The summed E-state index contributed by atoms with van der Waals surface area (Å²) in [5, 5.41) is 10.7. The van der Waals surface area contributed by atoms with E-state index in [2.05, 4.69) is 0 Å². The maximum Gasteiger partial charge on any atom is 0.194 e. The Morgan fingerprint density at radius 1 is 0.917 bits per heavy atom. The zero-order valence-electron chi connectivity index (χ0n) is 14.5. The van der Waals surface area contributed by atoms with Crippen LogP contribution in [0.5, 0.6) is 0 Å². The van der Waals surface area contributed by atoms with E-state index in [0.29, 0.717) is 0 Å². The Balaban J connectivity index is 2.25. The van der Waals surface area contributed by atoms with Gasteiger partial charge in [-0.3, -0.25) is 4.79 Å². The van der Waals surface area contributed by atoms with Gasteiger partial charge in [-0.05, 0) is 44.9 Å². The number of ether oxygens (including phenoxy) is 1. The number of ketones is 1. The summed E-state index contributed by atoms with van der Waals surface area (Å²) in [6.45, 7) is 7.00. The molecule has 0 aliphatic carbocycles. The minimum absolute atomic E-state index is 0.193. The number of hydrogen-bond acceptors (Lipinski definition) is 3. The molecule has 1 N–H and O–H groups in total. The molecule has 0 spiro atoms. The monoisotopic (exact) mass is 322 g/mol. The van der Waals surface area contributed by atoms with Crippen molar-refractivity contribution in [3.8, 4) is 0 Å². The minimum Gasteiger partial charge on any atom is -0.362 e. The van der Waals surface area contributed by atoms with Crippen molar-refractivity contribution >= 4 is 5.78 Å². The van der Waals surface area contributed by atoms with Gasteiger partial charge in [0, 0.05) is 0 Å². The summed E-state index contributed by atoms with van der Waals surface area (Å²) in [4.78, 5) is 12.0. The number of rotatable bonds is 3. The lowest BCUT2D eigenvalue weighted by atomic mass is 9.84. The molecule has 0 bridgehead atoms. The molecule has 1 unspecified atom stereocenters. The van der Waals surface area contributed by atoms with Gasteiger partial charge in [-0.2, -0.15) is 0 Å². The zero-order chi connectivity index (χ0) is 17.5. The third-order valence-electron chi connectivity index (χ3n) is 4.55. The van der Waals surface area contributed by atoms with Crippen molar-refractivity contribution in [1.82, 2.24) is 0 Å². The van der Waals surface area contributed by atoms with Crippen LogP contribution in [-0.2, 0) is 15.1 Å². The lowest BCUT2D eigenvalue weighted by molar-refractivity contribution is -0.193. The van der Waals surface area contributed by atoms with Gasteiger partial charge in [0.25, 0.3) is 0 Å². The standard InChI is InChI=1S/C21H22O3/c1-14-5-9-17(10-6-14)21(18-11-7-15(2)8-12-18)13-19(16(3)22)20(4,23)24-21/h5-13,23H,1-4H3. The van der Waals surface area contributed by atoms with E-state index in [-0.39, 0.29) is 11.4 Å².